The molecule has 130 valence electrons. The van der Waals surface area contributed by atoms with E-state index in [4.69, 9.17) is 5.73 Å². The number of nitrogens with one attached hydrogen (secondary N) is 2. The predicted octanol–water partition coefficient (Wildman–Crippen LogP) is 1.05. The first kappa shape index (κ1) is 18.2. The second-order valence-electron chi connectivity index (χ2n) is 5.88. The second kappa shape index (κ2) is 7.63. The maximum atomic E-state index is 12.5. The van der Waals surface area contributed by atoms with E-state index < -0.39 is 6.04 Å². The molecule has 1 fully saturated rings. The van der Waals surface area contributed by atoms with Gasteiger partial charge in [-0.15, -0.1) is 12.4 Å². The third-order valence-electron chi connectivity index (χ3n) is 4.34. The quantitative estimate of drug-likeness (QED) is 0.765. The van der Waals surface area contributed by atoms with Gasteiger partial charge in [0.1, 0.15) is 6.04 Å². The predicted molar refractivity (Wildman–Crippen MR) is 94.1 cm³/mol. The van der Waals surface area contributed by atoms with E-state index in [0.29, 0.717) is 18.8 Å². The molecule has 0 aliphatic carbocycles. The standard InChI is InChI=1S/C16H21N5O2.ClH/c1-10(16(23)21-8-4-5-11(21)9-17)18-15(22)14-12-6-2-3-7-13(12)19-20-14;/h2-3,6-7,10-11H,4-5,8-9,17H2,1H3,(H,18,22)(H,19,20);1H. The number of H-pyrrole nitrogens is 1. The number of nitrogens with two attached hydrogens (primary N) is 1. The van der Waals surface area contributed by atoms with Gasteiger partial charge in [-0.3, -0.25) is 14.7 Å². The smallest absolute Gasteiger partial charge is 0.273 e. The minimum atomic E-state index is -0.606. The maximum absolute atomic E-state index is 12.5. The lowest BCUT2D eigenvalue weighted by Crippen LogP contribution is -2.50. The molecule has 2 aromatic rings. The Morgan fingerprint density at radius 2 is 2.21 bits per heavy atom. The highest BCUT2D eigenvalue weighted by atomic mass is 35.5. The molecule has 0 saturated carbocycles. The lowest BCUT2D eigenvalue weighted by molar-refractivity contribution is -0.133. The molecule has 1 aromatic carbocycles. The van der Waals surface area contributed by atoms with Gasteiger partial charge in [0.2, 0.25) is 5.91 Å². The van der Waals surface area contributed by atoms with E-state index in [0.717, 1.165) is 23.7 Å². The Morgan fingerprint density at radius 1 is 1.46 bits per heavy atom. The van der Waals surface area contributed by atoms with Crippen molar-refractivity contribution in [2.24, 2.45) is 5.73 Å². The van der Waals surface area contributed by atoms with Gasteiger partial charge in [-0.1, -0.05) is 18.2 Å². The summed E-state index contributed by atoms with van der Waals surface area (Å²) in [5.74, 6) is -0.446. The average Bonchev–Trinajstić information content (AvgIpc) is 3.20. The van der Waals surface area contributed by atoms with Crippen molar-refractivity contribution < 1.29 is 9.59 Å². The molecule has 7 nitrogen and oxygen atoms in total. The first-order valence-corrected chi connectivity index (χ1v) is 7.86. The van der Waals surface area contributed by atoms with Crippen LogP contribution in [0.2, 0.25) is 0 Å². The van der Waals surface area contributed by atoms with Gasteiger partial charge in [0, 0.05) is 24.5 Å². The van der Waals surface area contributed by atoms with Crippen LogP contribution in [0.5, 0.6) is 0 Å². The van der Waals surface area contributed by atoms with Gasteiger partial charge >= 0.3 is 0 Å². The van der Waals surface area contributed by atoms with Crippen LogP contribution in [0.25, 0.3) is 10.9 Å². The largest absolute Gasteiger partial charge is 0.339 e. The summed E-state index contributed by atoms with van der Waals surface area (Å²) in [7, 11) is 0. The summed E-state index contributed by atoms with van der Waals surface area (Å²) in [6.07, 6.45) is 1.88. The number of nitrogens with zero attached hydrogens (tertiary/aromatic N) is 2. The summed E-state index contributed by atoms with van der Waals surface area (Å²) in [5.41, 5.74) is 6.80. The van der Waals surface area contributed by atoms with Crippen LogP contribution in [0.1, 0.15) is 30.3 Å². The van der Waals surface area contributed by atoms with Crippen LogP contribution in [0.4, 0.5) is 0 Å². The molecule has 2 unspecified atom stereocenters. The monoisotopic (exact) mass is 351 g/mol. The van der Waals surface area contributed by atoms with Gasteiger partial charge in [0.25, 0.3) is 5.91 Å². The number of aromatic nitrogens is 2. The number of likely N-dealkylation sites (tertiary alicyclic amines) is 1. The SMILES string of the molecule is CC(NC(=O)c1n[nH]c2ccccc12)C(=O)N1CCCC1CN.Cl. The fourth-order valence-corrected chi connectivity index (χ4v) is 3.08. The van der Waals surface area contributed by atoms with Crippen molar-refractivity contribution in [3.63, 3.8) is 0 Å². The van der Waals surface area contributed by atoms with Crippen LogP contribution in [0.15, 0.2) is 24.3 Å². The Balaban J connectivity index is 0.00000208. The van der Waals surface area contributed by atoms with Gasteiger partial charge in [0.05, 0.1) is 5.52 Å². The number of halogens is 1. The van der Waals surface area contributed by atoms with Crippen molar-refractivity contribution in [2.75, 3.05) is 13.1 Å². The highest BCUT2D eigenvalue weighted by Gasteiger charge is 2.31. The van der Waals surface area contributed by atoms with Gasteiger partial charge in [-0.2, -0.15) is 5.10 Å². The molecular weight excluding hydrogens is 330 g/mol. The Hall–Kier alpha value is -2.12. The Labute approximate surface area is 146 Å². The molecule has 1 aromatic heterocycles. The van der Waals surface area contributed by atoms with Gasteiger partial charge in [-0.05, 0) is 25.8 Å². The van der Waals surface area contributed by atoms with Crippen LogP contribution in [-0.2, 0) is 4.79 Å². The average molecular weight is 352 g/mol. The van der Waals surface area contributed by atoms with Crippen LogP contribution in [0, 0.1) is 0 Å². The van der Waals surface area contributed by atoms with E-state index in [1.165, 1.54) is 0 Å². The summed E-state index contributed by atoms with van der Waals surface area (Å²) in [5, 5.41) is 10.4. The highest BCUT2D eigenvalue weighted by molar-refractivity contribution is 6.05. The minimum absolute atomic E-state index is 0. The van der Waals surface area contributed by atoms with Gasteiger partial charge < -0.3 is 16.0 Å². The van der Waals surface area contributed by atoms with Crippen molar-refractivity contribution in [1.29, 1.82) is 0 Å². The molecule has 24 heavy (non-hydrogen) atoms. The molecule has 2 atom stereocenters. The molecule has 2 amide bonds. The number of aromatic amines is 1. The number of hydrogen-bond donors (Lipinski definition) is 3. The zero-order chi connectivity index (χ0) is 16.4. The van der Waals surface area contributed by atoms with E-state index in [-0.39, 0.29) is 30.3 Å². The van der Waals surface area contributed by atoms with Crippen molar-refractivity contribution >= 4 is 35.1 Å². The molecule has 2 heterocycles. The molecule has 8 heteroatoms. The number of rotatable bonds is 4. The zero-order valence-corrected chi connectivity index (χ0v) is 14.3. The molecule has 1 aliphatic rings. The van der Waals surface area contributed by atoms with Crippen molar-refractivity contribution in [3.8, 4) is 0 Å². The van der Waals surface area contributed by atoms with Gasteiger partial charge in [-0.25, -0.2) is 0 Å². The van der Waals surface area contributed by atoms with E-state index in [1.54, 1.807) is 11.8 Å². The Kier molecular flexibility index (Phi) is 5.80. The zero-order valence-electron chi connectivity index (χ0n) is 13.5. The van der Waals surface area contributed by atoms with Crippen LogP contribution in [-0.4, -0.2) is 52.1 Å². The van der Waals surface area contributed by atoms with E-state index in [2.05, 4.69) is 15.5 Å². The molecule has 0 radical (unpaired) electrons. The van der Waals surface area contributed by atoms with E-state index in [9.17, 15) is 9.59 Å². The second-order valence-corrected chi connectivity index (χ2v) is 5.88. The number of carbonyl (C=O) groups is 2. The van der Waals surface area contributed by atoms with E-state index >= 15 is 0 Å². The van der Waals surface area contributed by atoms with Crippen LogP contribution in [0.3, 0.4) is 0 Å². The van der Waals surface area contributed by atoms with Crippen LogP contribution >= 0.6 is 12.4 Å². The number of hydrogen-bond acceptors (Lipinski definition) is 4. The maximum Gasteiger partial charge on any atom is 0.273 e. The number of amides is 2. The first-order chi connectivity index (χ1) is 11.1. The number of benzene rings is 1. The number of fused-ring (bicyclic) bond motifs is 1. The summed E-state index contributed by atoms with van der Waals surface area (Å²) in [4.78, 5) is 26.7. The molecule has 0 spiro atoms. The summed E-state index contributed by atoms with van der Waals surface area (Å²) >= 11 is 0. The lowest BCUT2D eigenvalue weighted by Gasteiger charge is -2.26. The summed E-state index contributed by atoms with van der Waals surface area (Å²) < 4.78 is 0. The van der Waals surface area contributed by atoms with Crippen molar-refractivity contribution in [2.45, 2.75) is 31.8 Å². The molecular formula is C16H22ClN5O2. The third-order valence-corrected chi connectivity index (χ3v) is 4.34. The molecule has 1 saturated heterocycles. The molecule has 3 rings (SSSR count). The lowest BCUT2D eigenvalue weighted by atomic mass is 10.2. The number of carbonyl (C=O) groups excluding carboxylic acids is 2. The van der Waals surface area contributed by atoms with Gasteiger partial charge in [0.15, 0.2) is 5.69 Å². The number of para-hydroxylation sites is 1. The molecule has 1 aliphatic heterocycles. The van der Waals surface area contributed by atoms with Crippen molar-refractivity contribution in [1.82, 2.24) is 20.4 Å². The minimum Gasteiger partial charge on any atom is -0.339 e. The fraction of sp³-hybridized carbons (Fsp3) is 0.438. The summed E-state index contributed by atoms with van der Waals surface area (Å²) in [6, 6.07) is 6.86. The topological polar surface area (TPSA) is 104 Å². The Bertz CT molecular complexity index is 732. The Morgan fingerprint density at radius 3 is 2.96 bits per heavy atom. The summed E-state index contributed by atoms with van der Waals surface area (Å²) in [6.45, 7) is 2.85. The fourth-order valence-electron chi connectivity index (χ4n) is 3.08. The molecule has 0 bridgehead atoms. The van der Waals surface area contributed by atoms with Crippen LogP contribution < -0.4 is 11.1 Å². The molecule has 4 N–H and O–H groups in total. The van der Waals surface area contributed by atoms with Crippen molar-refractivity contribution in [3.05, 3.63) is 30.0 Å². The third kappa shape index (κ3) is 3.37. The highest BCUT2D eigenvalue weighted by Crippen LogP contribution is 2.18. The first-order valence-electron chi connectivity index (χ1n) is 7.86. The normalized spacial score (nSPS) is 18.2. The van der Waals surface area contributed by atoms with E-state index in [1.807, 2.05) is 24.3 Å².